The van der Waals surface area contributed by atoms with Crippen molar-refractivity contribution in [2.45, 2.75) is 19.8 Å². The van der Waals surface area contributed by atoms with E-state index in [4.69, 9.17) is 10.5 Å². The lowest BCUT2D eigenvalue weighted by molar-refractivity contribution is -0.122. The number of fused-ring (bicyclic) bond motifs is 2. The normalized spacial score (nSPS) is 12.1. The van der Waals surface area contributed by atoms with Crippen LogP contribution in [0.3, 0.4) is 0 Å². The molecule has 0 radical (unpaired) electrons. The van der Waals surface area contributed by atoms with E-state index in [1.54, 1.807) is 38.1 Å². The van der Waals surface area contributed by atoms with Crippen molar-refractivity contribution < 1.29 is 28.6 Å². The molecule has 2 heterocycles. The number of benzene rings is 2. The van der Waals surface area contributed by atoms with Crippen LogP contribution in [-0.2, 0) is 9.59 Å². The summed E-state index contributed by atoms with van der Waals surface area (Å²) in [7, 11) is 1.48. The molecule has 10 heteroatoms. The summed E-state index contributed by atoms with van der Waals surface area (Å²) in [6.45, 7) is 3.21. The molecular formula is C24H23FN4O5. The van der Waals surface area contributed by atoms with Crippen molar-refractivity contribution in [1.82, 2.24) is 15.3 Å². The van der Waals surface area contributed by atoms with Gasteiger partial charge in [-0.05, 0) is 49.2 Å². The molecule has 0 spiro atoms. The van der Waals surface area contributed by atoms with E-state index in [2.05, 4.69) is 15.3 Å². The molecule has 34 heavy (non-hydrogen) atoms. The lowest BCUT2D eigenvalue weighted by Crippen LogP contribution is -2.25. The Balaban J connectivity index is 2.00. The Labute approximate surface area is 193 Å². The topological polar surface area (TPSA) is 150 Å². The summed E-state index contributed by atoms with van der Waals surface area (Å²) in [6.07, 6.45) is 0. The number of carbonyl (C=O) groups excluding carboxylic acids is 2. The number of nitrogens with two attached hydrogens (primary N) is 1. The maximum Gasteiger partial charge on any atom is 0.352 e. The van der Waals surface area contributed by atoms with Gasteiger partial charge in [0, 0.05) is 34.6 Å². The number of hydrogen-bond acceptors (Lipinski definition) is 4. The van der Waals surface area contributed by atoms with Gasteiger partial charge in [0.05, 0.1) is 11.4 Å². The molecule has 1 atom stereocenters. The first-order valence-corrected chi connectivity index (χ1v) is 10.4. The molecule has 0 saturated heterocycles. The fourth-order valence-corrected chi connectivity index (χ4v) is 4.35. The average Bonchev–Trinajstić information content (AvgIpc) is 3.34. The highest BCUT2D eigenvalue weighted by Crippen LogP contribution is 2.41. The standard InChI is InChI=1S/C24H23FN4O5/c1-10-4-6-14(25)21-17(10)18(11(2)28-21)20(23(26)31)19-13-8-12(34-9-16(30)27-3)5-7-15(13)29-22(19)24(32)33/h4-8,20,28-29H,9H2,1-3H3,(H2,26,31)(H,27,30)(H,32,33). The Kier molecular flexibility index (Phi) is 5.74. The molecule has 0 aliphatic heterocycles. The third kappa shape index (κ3) is 3.72. The Morgan fingerprint density at radius 2 is 1.88 bits per heavy atom. The minimum Gasteiger partial charge on any atom is -0.484 e. The summed E-state index contributed by atoms with van der Waals surface area (Å²) < 4.78 is 20.1. The summed E-state index contributed by atoms with van der Waals surface area (Å²) in [5.41, 5.74) is 8.00. The molecule has 6 N–H and O–H groups in total. The van der Waals surface area contributed by atoms with Gasteiger partial charge in [-0.2, -0.15) is 0 Å². The molecule has 4 aromatic rings. The molecule has 2 aromatic heterocycles. The number of carboxylic acid groups (broad SMARTS) is 1. The van der Waals surface area contributed by atoms with E-state index < -0.39 is 23.6 Å². The van der Waals surface area contributed by atoms with Gasteiger partial charge in [-0.15, -0.1) is 0 Å². The molecule has 4 rings (SSSR count). The number of aromatic carboxylic acids is 1. The maximum absolute atomic E-state index is 14.6. The number of carboxylic acids is 1. The zero-order valence-corrected chi connectivity index (χ0v) is 18.7. The highest BCUT2D eigenvalue weighted by molar-refractivity contribution is 6.05. The predicted octanol–water partition coefficient (Wildman–Crippen LogP) is 2.85. The van der Waals surface area contributed by atoms with Gasteiger partial charge in [-0.1, -0.05) is 6.07 Å². The van der Waals surface area contributed by atoms with E-state index in [1.807, 2.05) is 0 Å². The number of primary amides is 1. The van der Waals surface area contributed by atoms with E-state index in [9.17, 15) is 23.9 Å². The van der Waals surface area contributed by atoms with Crippen LogP contribution >= 0.6 is 0 Å². The van der Waals surface area contributed by atoms with Crippen molar-refractivity contribution in [3.8, 4) is 5.75 Å². The fourth-order valence-electron chi connectivity index (χ4n) is 4.35. The van der Waals surface area contributed by atoms with Gasteiger partial charge in [-0.3, -0.25) is 9.59 Å². The number of likely N-dealkylation sites (N-methyl/N-ethyl adjacent to an activating group) is 1. The Morgan fingerprint density at radius 3 is 2.53 bits per heavy atom. The maximum atomic E-state index is 14.6. The number of rotatable bonds is 7. The van der Waals surface area contributed by atoms with Crippen LogP contribution < -0.4 is 15.8 Å². The first-order valence-electron chi connectivity index (χ1n) is 10.4. The van der Waals surface area contributed by atoms with Gasteiger partial charge in [0.25, 0.3) is 5.91 Å². The fraction of sp³-hybridized carbons (Fsp3) is 0.208. The van der Waals surface area contributed by atoms with Crippen molar-refractivity contribution >= 4 is 39.6 Å². The molecule has 9 nitrogen and oxygen atoms in total. The van der Waals surface area contributed by atoms with E-state index in [-0.39, 0.29) is 29.3 Å². The molecule has 176 valence electrons. The quantitative estimate of drug-likeness (QED) is 0.284. The summed E-state index contributed by atoms with van der Waals surface area (Å²) in [4.78, 5) is 42.4. The number of aryl methyl sites for hydroxylation is 2. The summed E-state index contributed by atoms with van der Waals surface area (Å²) >= 11 is 0. The molecule has 0 bridgehead atoms. The smallest absolute Gasteiger partial charge is 0.352 e. The van der Waals surface area contributed by atoms with Crippen LogP contribution in [0.15, 0.2) is 30.3 Å². The van der Waals surface area contributed by atoms with Gasteiger partial charge in [-0.25, -0.2) is 9.18 Å². The largest absolute Gasteiger partial charge is 0.484 e. The van der Waals surface area contributed by atoms with Crippen molar-refractivity contribution in [2.75, 3.05) is 13.7 Å². The molecule has 1 unspecified atom stereocenters. The molecule has 0 aliphatic carbocycles. The minimum absolute atomic E-state index is 0.132. The van der Waals surface area contributed by atoms with Crippen LogP contribution in [0.25, 0.3) is 21.8 Å². The first-order chi connectivity index (χ1) is 16.1. The van der Waals surface area contributed by atoms with Crippen LogP contribution in [0.1, 0.15) is 38.8 Å². The van der Waals surface area contributed by atoms with Gasteiger partial charge in [0.1, 0.15) is 17.3 Å². The number of hydrogen-bond donors (Lipinski definition) is 5. The lowest BCUT2D eigenvalue weighted by atomic mass is 9.85. The third-order valence-corrected chi connectivity index (χ3v) is 5.88. The first kappa shape index (κ1) is 22.8. The Bertz CT molecular complexity index is 1470. The Hall–Kier alpha value is -4.34. The van der Waals surface area contributed by atoms with Gasteiger partial charge >= 0.3 is 5.97 Å². The van der Waals surface area contributed by atoms with Crippen LogP contribution in [0.4, 0.5) is 4.39 Å². The van der Waals surface area contributed by atoms with Gasteiger partial charge in [0.2, 0.25) is 5.91 Å². The second kappa shape index (κ2) is 8.54. The second-order valence-corrected chi connectivity index (χ2v) is 8.00. The van der Waals surface area contributed by atoms with Crippen LogP contribution in [0.5, 0.6) is 5.75 Å². The van der Waals surface area contributed by atoms with Crippen LogP contribution in [0, 0.1) is 19.7 Å². The zero-order valence-electron chi connectivity index (χ0n) is 18.7. The molecule has 2 amide bonds. The lowest BCUT2D eigenvalue weighted by Gasteiger charge is -2.16. The van der Waals surface area contributed by atoms with Gasteiger partial charge in [0.15, 0.2) is 6.61 Å². The molecule has 0 aliphatic rings. The number of ether oxygens (including phenoxy) is 1. The number of H-pyrrole nitrogens is 2. The third-order valence-electron chi connectivity index (χ3n) is 5.88. The van der Waals surface area contributed by atoms with Gasteiger partial charge < -0.3 is 30.9 Å². The molecular weight excluding hydrogens is 443 g/mol. The SMILES string of the molecule is CNC(=O)COc1ccc2[nH]c(C(=O)O)c(C(C(N)=O)c3c(C)[nH]c4c(F)ccc(C)c34)c2c1. The van der Waals surface area contributed by atoms with Crippen molar-refractivity contribution in [2.24, 2.45) is 5.73 Å². The van der Waals surface area contributed by atoms with E-state index >= 15 is 0 Å². The summed E-state index contributed by atoms with van der Waals surface area (Å²) in [6, 6.07) is 7.62. The monoisotopic (exact) mass is 466 g/mol. The highest BCUT2D eigenvalue weighted by Gasteiger charge is 2.33. The number of aromatic amines is 2. The van der Waals surface area contributed by atoms with Crippen molar-refractivity contribution in [3.05, 3.63) is 64.2 Å². The predicted molar refractivity (Wildman–Crippen MR) is 124 cm³/mol. The van der Waals surface area contributed by atoms with Crippen molar-refractivity contribution in [1.29, 1.82) is 0 Å². The highest BCUT2D eigenvalue weighted by atomic mass is 19.1. The number of aromatic nitrogens is 2. The van der Waals surface area contributed by atoms with Crippen LogP contribution in [-0.4, -0.2) is 46.5 Å². The van der Waals surface area contributed by atoms with Crippen molar-refractivity contribution in [3.63, 3.8) is 0 Å². The van der Waals surface area contributed by atoms with E-state index in [0.29, 0.717) is 38.9 Å². The summed E-state index contributed by atoms with van der Waals surface area (Å²) in [5, 5.41) is 13.2. The van der Waals surface area contributed by atoms with E-state index in [1.165, 1.54) is 13.1 Å². The average molecular weight is 466 g/mol. The minimum atomic E-state index is -1.29. The Morgan fingerprint density at radius 1 is 1.15 bits per heavy atom. The number of carbonyl (C=O) groups is 3. The number of nitrogens with one attached hydrogen (secondary N) is 3. The van der Waals surface area contributed by atoms with E-state index in [0.717, 1.165) is 0 Å². The molecule has 2 aromatic carbocycles. The van der Waals surface area contributed by atoms with Crippen LogP contribution in [0.2, 0.25) is 0 Å². The number of halogens is 1. The summed E-state index contributed by atoms with van der Waals surface area (Å²) in [5.74, 6) is -3.83. The second-order valence-electron chi connectivity index (χ2n) is 8.00. The molecule has 0 saturated carbocycles. The zero-order chi connectivity index (χ0) is 24.7. The number of amides is 2. The molecule has 0 fully saturated rings.